The number of ether oxygens (including phenoxy) is 1. The number of carbonyl (C=O) groups excluding carboxylic acids is 1. The van der Waals surface area contributed by atoms with E-state index >= 15 is 0 Å². The third kappa shape index (κ3) is 3.18. The lowest BCUT2D eigenvalue weighted by Crippen LogP contribution is -2.20. The summed E-state index contributed by atoms with van der Waals surface area (Å²) in [6.45, 7) is 1.88. The van der Waals surface area contributed by atoms with E-state index in [0.717, 1.165) is 11.3 Å². The zero-order chi connectivity index (χ0) is 19.7. The summed E-state index contributed by atoms with van der Waals surface area (Å²) in [4.78, 5) is 27.5. The van der Waals surface area contributed by atoms with Crippen LogP contribution < -0.4 is 5.56 Å². The van der Waals surface area contributed by atoms with Crippen LogP contribution in [0.3, 0.4) is 0 Å². The van der Waals surface area contributed by atoms with Gasteiger partial charge in [0.25, 0.3) is 5.56 Å². The highest BCUT2D eigenvalue weighted by molar-refractivity contribution is 6.30. The molecule has 4 aromatic rings. The quantitative estimate of drug-likeness (QED) is 0.527. The SMILES string of the molecule is CCOC(=O)c1cc2c(-c3ccc(Cl)cc3)nn(-c3ccccc3)c2[nH]c1=O. The molecule has 0 saturated carbocycles. The maximum Gasteiger partial charge on any atom is 0.343 e. The van der Waals surface area contributed by atoms with Gasteiger partial charge in [0.2, 0.25) is 0 Å². The van der Waals surface area contributed by atoms with Crippen molar-refractivity contribution in [3.8, 4) is 16.9 Å². The summed E-state index contributed by atoms with van der Waals surface area (Å²) in [5.74, 6) is -0.667. The van der Waals surface area contributed by atoms with Crippen LogP contribution in [0.15, 0.2) is 65.5 Å². The number of aromatic nitrogens is 3. The van der Waals surface area contributed by atoms with Crippen LogP contribution in [0.1, 0.15) is 17.3 Å². The average Bonchev–Trinajstić information content (AvgIpc) is 3.07. The molecule has 140 valence electrons. The molecule has 4 rings (SSSR count). The molecule has 0 fully saturated rings. The van der Waals surface area contributed by atoms with Crippen LogP contribution in [0.2, 0.25) is 5.02 Å². The summed E-state index contributed by atoms with van der Waals surface area (Å²) in [7, 11) is 0. The third-order valence-corrected chi connectivity index (χ3v) is 4.55. The molecule has 0 aliphatic carbocycles. The van der Waals surface area contributed by atoms with Crippen molar-refractivity contribution in [3.63, 3.8) is 0 Å². The van der Waals surface area contributed by atoms with Crippen molar-refractivity contribution in [2.24, 2.45) is 0 Å². The first-order valence-corrected chi connectivity index (χ1v) is 9.11. The molecular formula is C21H16ClN3O3. The molecule has 6 nitrogen and oxygen atoms in total. The van der Waals surface area contributed by atoms with Crippen molar-refractivity contribution >= 4 is 28.6 Å². The number of rotatable bonds is 4. The van der Waals surface area contributed by atoms with Crippen LogP contribution in [0.5, 0.6) is 0 Å². The normalized spacial score (nSPS) is 10.9. The Labute approximate surface area is 165 Å². The summed E-state index contributed by atoms with van der Waals surface area (Å²) in [6, 6.07) is 18.2. The van der Waals surface area contributed by atoms with Crippen LogP contribution in [-0.4, -0.2) is 27.3 Å². The number of hydrogen-bond acceptors (Lipinski definition) is 4. The number of pyridine rings is 1. The molecule has 0 bridgehead atoms. The van der Waals surface area contributed by atoms with Crippen molar-refractivity contribution in [1.82, 2.24) is 14.8 Å². The lowest BCUT2D eigenvalue weighted by molar-refractivity contribution is 0.0524. The molecule has 0 aliphatic rings. The van der Waals surface area contributed by atoms with Crippen LogP contribution in [0.25, 0.3) is 28.0 Å². The lowest BCUT2D eigenvalue weighted by atomic mass is 10.1. The number of halogens is 1. The van der Waals surface area contributed by atoms with Crippen LogP contribution in [0, 0.1) is 0 Å². The lowest BCUT2D eigenvalue weighted by Gasteiger charge is -2.04. The smallest absolute Gasteiger partial charge is 0.343 e. The number of para-hydroxylation sites is 1. The number of aromatic amines is 1. The van der Waals surface area contributed by atoms with Crippen molar-refractivity contribution in [3.05, 3.63) is 81.6 Å². The Balaban J connectivity index is 2.01. The fraction of sp³-hybridized carbons (Fsp3) is 0.0952. The zero-order valence-electron chi connectivity index (χ0n) is 15.0. The van der Waals surface area contributed by atoms with E-state index in [1.165, 1.54) is 6.07 Å². The van der Waals surface area contributed by atoms with Gasteiger partial charge in [-0.2, -0.15) is 5.10 Å². The van der Waals surface area contributed by atoms with Crippen molar-refractivity contribution in [1.29, 1.82) is 0 Å². The predicted molar refractivity (Wildman–Crippen MR) is 108 cm³/mol. The number of nitrogens with one attached hydrogen (secondary N) is 1. The molecular weight excluding hydrogens is 378 g/mol. The van der Waals surface area contributed by atoms with E-state index in [2.05, 4.69) is 4.98 Å². The summed E-state index contributed by atoms with van der Waals surface area (Å²) in [6.07, 6.45) is 0. The molecule has 0 atom stereocenters. The molecule has 0 amide bonds. The van der Waals surface area contributed by atoms with Crippen molar-refractivity contribution < 1.29 is 9.53 Å². The second-order valence-corrected chi connectivity index (χ2v) is 6.53. The van der Waals surface area contributed by atoms with Gasteiger partial charge >= 0.3 is 5.97 Å². The maximum absolute atomic E-state index is 12.5. The molecule has 0 radical (unpaired) electrons. The molecule has 2 aromatic heterocycles. The Morgan fingerprint density at radius 3 is 2.54 bits per heavy atom. The second kappa shape index (κ2) is 7.32. The van der Waals surface area contributed by atoms with Crippen LogP contribution in [-0.2, 0) is 4.74 Å². The van der Waals surface area contributed by atoms with E-state index in [4.69, 9.17) is 21.4 Å². The number of carbonyl (C=O) groups is 1. The Hall–Kier alpha value is -3.38. The molecule has 0 spiro atoms. The van der Waals surface area contributed by atoms with Gasteiger partial charge in [0.1, 0.15) is 16.9 Å². The predicted octanol–water partition coefficient (Wildman–Crippen LogP) is 4.21. The van der Waals surface area contributed by atoms with Gasteiger partial charge in [-0.3, -0.25) is 4.79 Å². The summed E-state index contributed by atoms with van der Waals surface area (Å²) in [5, 5.41) is 5.94. The summed E-state index contributed by atoms with van der Waals surface area (Å²) >= 11 is 6.01. The number of fused-ring (bicyclic) bond motifs is 1. The average molecular weight is 394 g/mol. The largest absolute Gasteiger partial charge is 0.462 e. The van der Waals surface area contributed by atoms with E-state index in [-0.39, 0.29) is 12.2 Å². The van der Waals surface area contributed by atoms with E-state index in [1.54, 1.807) is 23.7 Å². The van der Waals surface area contributed by atoms with Gasteiger partial charge < -0.3 is 9.72 Å². The summed E-state index contributed by atoms with van der Waals surface area (Å²) in [5.41, 5.74) is 2.13. The van der Waals surface area contributed by atoms with E-state index in [1.807, 2.05) is 42.5 Å². The molecule has 2 aromatic carbocycles. The van der Waals surface area contributed by atoms with Gasteiger partial charge in [-0.05, 0) is 37.3 Å². The van der Waals surface area contributed by atoms with Gasteiger partial charge in [0.15, 0.2) is 0 Å². The highest BCUT2D eigenvalue weighted by Gasteiger charge is 2.20. The number of hydrogen-bond donors (Lipinski definition) is 1. The standard InChI is InChI=1S/C21H16ClN3O3/c1-2-28-21(27)17-12-16-18(13-8-10-14(22)11-9-13)24-25(19(16)23-20(17)26)15-6-4-3-5-7-15/h3-12H,2H2,1H3,(H,23,26). The molecule has 2 heterocycles. The minimum Gasteiger partial charge on any atom is -0.462 e. The van der Waals surface area contributed by atoms with Gasteiger partial charge in [0.05, 0.1) is 12.3 Å². The van der Waals surface area contributed by atoms with E-state index in [9.17, 15) is 9.59 Å². The number of nitrogens with zero attached hydrogens (tertiary/aromatic N) is 2. The number of esters is 1. The monoisotopic (exact) mass is 393 g/mol. The van der Waals surface area contributed by atoms with Crippen molar-refractivity contribution in [2.45, 2.75) is 6.92 Å². The zero-order valence-corrected chi connectivity index (χ0v) is 15.7. The van der Waals surface area contributed by atoms with E-state index < -0.39 is 11.5 Å². The van der Waals surface area contributed by atoms with Gasteiger partial charge in [0, 0.05) is 16.0 Å². The number of H-pyrrole nitrogens is 1. The number of benzene rings is 2. The first kappa shape index (κ1) is 18.0. The Bertz CT molecular complexity index is 1210. The first-order chi connectivity index (χ1) is 13.6. The van der Waals surface area contributed by atoms with Crippen molar-refractivity contribution in [2.75, 3.05) is 6.61 Å². The fourth-order valence-corrected chi connectivity index (χ4v) is 3.14. The fourth-order valence-electron chi connectivity index (χ4n) is 3.01. The van der Waals surface area contributed by atoms with Gasteiger partial charge in [-0.15, -0.1) is 0 Å². The molecule has 0 saturated heterocycles. The Morgan fingerprint density at radius 1 is 1.14 bits per heavy atom. The summed E-state index contributed by atoms with van der Waals surface area (Å²) < 4.78 is 6.66. The Morgan fingerprint density at radius 2 is 1.86 bits per heavy atom. The maximum atomic E-state index is 12.5. The van der Waals surface area contributed by atoms with Gasteiger partial charge in [-0.1, -0.05) is 41.9 Å². The van der Waals surface area contributed by atoms with Gasteiger partial charge in [-0.25, -0.2) is 9.48 Å². The molecule has 1 N–H and O–H groups in total. The van der Waals surface area contributed by atoms with Crippen LogP contribution in [0.4, 0.5) is 0 Å². The molecule has 0 unspecified atom stereocenters. The topological polar surface area (TPSA) is 77.0 Å². The molecule has 0 aliphatic heterocycles. The van der Waals surface area contributed by atoms with Crippen LogP contribution >= 0.6 is 11.6 Å². The minimum atomic E-state index is -0.667. The highest BCUT2D eigenvalue weighted by atomic mass is 35.5. The molecule has 28 heavy (non-hydrogen) atoms. The van der Waals surface area contributed by atoms with E-state index in [0.29, 0.717) is 21.7 Å². The first-order valence-electron chi connectivity index (χ1n) is 8.73. The molecule has 7 heteroatoms. The highest BCUT2D eigenvalue weighted by Crippen LogP contribution is 2.29. The second-order valence-electron chi connectivity index (χ2n) is 6.10. The minimum absolute atomic E-state index is 0.0582. The Kier molecular flexibility index (Phi) is 4.71. The third-order valence-electron chi connectivity index (χ3n) is 4.30.